The summed E-state index contributed by atoms with van der Waals surface area (Å²) in [5, 5.41) is 9.98. The van der Waals surface area contributed by atoms with Crippen LogP contribution in [-0.2, 0) is 6.42 Å². The maximum absolute atomic E-state index is 9.98. The maximum Gasteiger partial charge on any atom is 0.126 e. The van der Waals surface area contributed by atoms with E-state index in [1.807, 2.05) is 12.1 Å². The normalized spacial score (nSPS) is 12.6. The van der Waals surface area contributed by atoms with Crippen LogP contribution in [0.5, 0.6) is 0 Å². The number of nitrogens with zero attached hydrogens (tertiary/aromatic N) is 1. The van der Waals surface area contributed by atoms with Gasteiger partial charge in [-0.15, -0.1) is 11.3 Å². The second kappa shape index (κ2) is 4.82. The standard InChI is InChI=1S/C11H11ClN2OS/c12-10-4-3-9(16-10)8(15)6-7-2-1-5-14-11(7)13/h1-5,8,15H,6H2,(H2,13,14). The summed E-state index contributed by atoms with van der Waals surface area (Å²) in [5.74, 6) is 0.462. The minimum Gasteiger partial charge on any atom is -0.387 e. The van der Waals surface area contributed by atoms with E-state index < -0.39 is 6.10 Å². The Morgan fingerprint density at radius 1 is 1.44 bits per heavy atom. The zero-order valence-corrected chi connectivity index (χ0v) is 10.0. The van der Waals surface area contributed by atoms with E-state index >= 15 is 0 Å². The molecule has 0 saturated heterocycles. The second-order valence-corrected chi connectivity index (χ2v) is 5.16. The lowest BCUT2D eigenvalue weighted by molar-refractivity contribution is 0.182. The average Bonchev–Trinajstić information content (AvgIpc) is 2.68. The summed E-state index contributed by atoms with van der Waals surface area (Å²) in [5.41, 5.74) is 6.55. The van der Waals surface area contributed by atoms with Crippen molar-refractivity contribution in [3.05, 3.63) is 45.2 Å². The van der Waals surface area contributed by atoms with Crippen LogP contribution in [-0.4, -0.2) is 10.1 Å². The van der Waals surface area contributed by atoms with Gasteiger partial charge in [0.15, 0.2) is 0 Å². The first-order valence-corrected chi connectivity index (χ1v) is 5.99. The molecule has 0 aliphatic carbocycles. The number of nitrogens with two attached hydrogens (primary N) is 1. The Bertz CT molecular complexity index is 486. The van der Waals surface area contributed by atoms with Crippen LogP contribution in [0.1, 0.15) is 16.5 Å². The van der Waals surface area contributed by atoms with E-state index in [1.54, 1.807) is 18.3 Å². The van der Waals surface area contributed by atoms with E-state index in [4.69, 9.17) is 17.3 Å². The quantitative estimate of drug-likeness (QED) is 0.885. The number of anilines is 1. The third-order valence-corrected chi connectivity index (χ3v) is 3.59. The highest BCUT2D eigenvalue weighted by molar-refractivity contribution is 7.16. The van der Waals surface area contributed by atoms with Crippen molar-refractivity contribution in [1.29, 1.82) is 0 Å². The molecular formula is C11H11ClN2OS. The monoisotopic (exact) mass is 254 g/mol. The van der Waals surface area contributed by atoms with Gasteiger partial charge in [0.1, 0.15) is 5.82 Å². The zero-order chi connectivity index (χ0) is 11.5. The lowest BCUT2D eigenvalue weighted by Crippen LogP contribution is -2.03. The smallest absolute Gasteiger partial charge is 0.126 e. The number of halogens is 1. The number of pyridine rings is 1. The number of aliphatic hydroxyl groups is 1. The Hall–Kier alpha value is -1.10. The first-order valence-electron chi connectivity index (χ1n) is 4.79. The van der Waals surface area contributed by atoms with E-state index in [0.29, 0.717) is 16.6 Å². The van der Waals surface area contributed by atoms with Gasteiger partial charge in [-0.1, -0.05) is 17.7 Å². The Morgan fingerprint density at radius 2 is 2.25 bits per heavy atom. The fraction of sp³-hybridized carbons (Fsp3) is 0.182. The molecule has 84 valence electrons. The highest BCUT2D eigenvalue weighted by Gasteiger charge is 2.12. The number of thiophene rings is 1. The van der Waals surface area contributed by atoms with Crippen LogP contribution in [0, 0.1) is 0 Å². The van der Waals surface area contributed by atoms with E-state index in [0.717, 1.165) is 10.4 Å². The van der Waals surface area contributed by atoms with Gasteiger partial charge < -0.3 is 10.8 Å². The second-order valence-electron chi connectivity index (χ2n) is 3.41. The lowest BCUT2D eigenvalue weighted by Gasteiger charge is -2.09. The van der Waals surface area contributed by atoms with Crippen LogP contribution in [0.25, 0.3) is 0 Å². The fourth-order valence-corrected chi connectivity index (χ4v) is 2.49. The molecule has 0 aliphatic heterocycles. The van der Waals surface area contributed by atoms with Crippen molar-refractivity contribution in [3.8, 4) is 0 Å². The van der Waals surface area contributed by atoms with E-state index in [-0.39, 0.29) is 0 Å². The summed E-state index contributed by atoms with van der Waals surface area (Å²) in [7, 11) is 0. The number of rotatable bonds is 3. The van der Waals surface area contributed by atoms with Crippen molar-refractivity contribution in [1.82, 2.24) is 4.98 Å². The lowest BCUT2D eigenvalue weighted by atomic mass is 10.1. The van der Waals surface area contributed by atoms with Gasteiger partial charge in [-0.3, -0.25) is 0 Å². The first kappa shape index (κ1) is 11.4. The molecule has 3 nitrogen and oxygen atoms in total. The van der Waals surface area contributed by atoms with Crippen LogP contribution >= 0.6 is 22.9 Å². The van der Waals surface area contributed by atoms with Crippen LogP contribution in [0.15, 0.2) is 30.5 Å². The topological polar surface area (TPSA) is 59.1 Å². The van der Waals surface area contributed by atoms with Crippen LogP contribution < -0.4 is 5.73 Å². The molecule has 0 radical (unpaired) electrons. The largest absolute Gasteiger partial charge is 0.387 e. The molecule has 0 aromatic carbocycles. The van der Waals surface area contributed by atoms with Crippen molar-refractivity contribution < 1.29 is 5.11 Å². The molecule has 0 aliphatic rings. The molecule has 1 unspecified atom stereocenters. The zero-order valence-electron chi connectivity index (χ0n) is 8.43. The molecule has 2 aromatic rings. The number of hydrogen-bond acceptors (Lipinski definition) is 4. The molecule has 2 heterocycles. The first-order chi connectivity index (χ1) is 7.66. The predicted octanol–water partition coefficient (Wildman–Crippen LogP) is 2.65. The van der Waals surface area contributed by atoms with Crippen molar-refractivity contribution in [2.75, 3.05) is 5.73 Å². The van der Waals surface area contributed by atoms with Gasteiger partial charge in [-0.2, -0.15) is 0 Å². The molecule has 2 rings (SSSR count). The number of hydrogen-bond donors (Lipinski definition) is 2. The molecular weight excluding hydrogens is 244 g/mol. The van der Waals surface area contributed by atoms with Gasteiger partial charge in [0, 0.05) is 17.5 Å². The average molecular weight is 255 g/mol. The Labute approximate surface area is 103 Å². The van der Waals surface area contributed by atoms with Gasteiger partial charge in [-0.05, 0) is 23.8 Å². The van der Waals surface area contributed by atoms with Crippen molar-refractivity contribution in [2.24, 2.45) is 0 Å². The molecule has 0 fully saturated rings. The Morgan fingerprint density at radius 3 is 2.88 bits per heavy atom. The van der Waals surface area contributed by atoms with E-state index in [2.05, 4.69) is 4.98 Å². The van der Waals surface area contributed by atoms with Crippen molar-refractivity contribution in [3.63, 3.8) is 0 Å². The van der Waals surface area contributed by atoms with Crippen LogP contribution in [0.3, 0.4) is 0 Å². The van der Waals surface area contributed by atoms with Gasteiger partial charge in [0.2, 0.25) is 0 Å². The number of aliphatic hydroxyl groups excluding tert-OH is 1. The molecule has 0 saturated carbocycles. The Kier molecular flexibility index (Phi) is 3.43. The molecule has 1 atom stereocenters. The predicted molar refractivity (Wildman–Crippen MR) is 66.6 cm³/mol. The number of aromatic nitrogens is 1. The summed E-state index contributed by atoms with van der Waals surface area (Å²) in [4.78, 5) is 4.82. The van der Waals surface area contributed by atoms with Gasteiger partial charge >= 0.3 is 0 Å². The summed E-state index contributed by atoms with van der Waals surface area (Å²) < 4.78 is 0.674. The third-order valence-electron chi connectivity index (χ3n) is 2.26. The summed E-state index contributed by atoms with van der Waals surface area (Å²) >= 11 is 7.18. The third kappa shape index (κ3) is 2.52. The molecule has 2 aromatic heterocycles. The van der Waals surface area contributed by atoms with Gasteiger partial charge in [-0.25, -0.2) is 4.98 Å². The highest BCUT2D eigenvalue weighted by Crippen LogP contribution is 2.29. The molecule has 0 spiro atoms. The van der Waals surface area contributed by atoms with E-state index in [1.165, 1.54) is 11.3 Å². The minimum atomic E-state index is -0.580. The molecule has 16 heavy (non-hydrogen) atoms. The number of nitrogen functional groups attached to an aromatic ring is 1. The summed E-state index contributed by atoms with van der Waals surface area (Å²) in [6.45, 7) is 0. The molecule has 0 amide bonds. The van der Waals surface area contributed by atoms with Crippen LogP contribution in [0.2, 0.25) is 4.34 Å². The van der Waals surface area contributed by atoms with Crippen molar-refractivity contribution in [2.45, 2.75) is 12.5 Å². The molecule has 0 bridgehead atoms. The molecule has 3 N–H and O–H groups in total. The summed E-state index contributed by atoms with van der Waals surface area (Å²) in [6, 6.07) is 7.27. The Balaban J connectivity index is 2.13. The SMILES string of the molecule is Nc1ncccc1CC(O)c1ccc(Cl)s1. The summed E-state index contributed by atoms with van der Waals surface area (Å²) in [6.07, 6.45) is 1.51. The highest BCUT2D eigenvalue weighted by atomic mass is 35.5. The van der Waals surface area contributed by atoms with Gasteiger partial charge in [0.25, 0.3) is 0 Å². The fourth-order valence-electron chi connectivity index (χ4n) is 1.44. The van der Waals surface area contributed by atoms with E-state index in [9.17, 15) is 5.11 Å². The van der Waals surface area contributed by atoms with Crippen LogP contribution in [0.4, 0.5) is 5.82 Å². The van der Waals surface area contributed by atoms with Crippen molar-refractivity contribution >= 4 is 28.8 Å². The molecule has 5 heteroatoms. The van der Waals surface area contributed by atoms with Gasteiger partial charge in [0.05, 0.1) is 10.4 Å². The minimum absolute atomic E-state index is 0.455. The maximum atomic E-state index is 9.98.